The Labute approximate surface area is 200 Å². The molecule has 34 heavy (non-hydrogen) atoms. The molecule has 2 aromatic carbocycles. The number of aliphatic carboxylic acids is 1. The van der Waals surface area contributed by atoms with Gasteiger partial charge in [-0.15, -0.1) is 0 Å². The van der Waals surface area contributed by atoms with Crippen LogP contribution in [0.4, 0.5) is 0 Å². The van der Waals surface area contributed by atoms with Crippen molar-refractivity contribution < 1.29 is 28.9 Å². The van der Waals surface area contributed by atoms with Crippen LogP contribution < -0.4 is 14.8 Å². The van der Waals surface area contributed by atoms with Gasteiger partial charge in [-0.25, -0.2) is 4.79 Å². The van der Waals surface area contributed by atoms with Crippen LogP contribution in [0.25, 0.3) is 11.1 Å². The van der Waals surface area contributed by atoms with E-state index < -0.39 is 17.6 Å². The summed E-state index contributed by atoms with van der Waals surface area (Å²) < 4.78 is 17.3. The number of carboxylic acid groups (broad SMARTS) is 1. The van der Waals surface area contributed by atoms with E-state index >= 15 is 0 Å². The summed E-state index contributed by atoms with van der Waals surface area (Å²) in [5.74, 6) is 0.659. The van der Waals surface area contributed by atoms with Gasteiger partial charge in [0, 0.05) is 13.0 Å². The molecule has 2 aliphatic rings. The van der Waals surface area contributed by atoms with Gasteiger partial charge in [0.15, 0.2) is 0 Å². The largest absolute Gasteiger partial charge is 0.496 e. The van der Waals surface area contributed by atoms with E-state index in [4.69, 9.17) is 14.2 Å². The predicted octanol–water partition coefficient (Wildman–Crippen LogP) is 4.22. The van der Waals surface area contributed by atoms with Crippen molar-refractivity contribution in [3.63, 3.8) is 0 Å². The molecule has 0 spiro atoms. The maximum atomic E-state index is 12.6. The maximum Gasteiger partial charge on any atom is 0.326 e. The topological polar surface area (TPSA) is 94.1 Å². The first-order valence-corrected chi connectivity index (χ1v) is 12.0. The minimum Gasteiger partial charge on any atom is -0.496 e. The Hall–Kier alpha value is -3.06. The molecule has 7 heteroatoms. The molecule has 2 atom stereocenters. The molecule has 1 aliphatic heterocycles. The molecule has 2 aromatic rings. The molecule has 2 N–H and O–H groups in total. The molecule has 1 heterocycles. The minimum absolute atomic E-state index is 0.175. The Morgan fingerprint density at radius 1 is 1.15 bits per heavy atom. The van der Waals surface area contributed by atoms with Gasteiger partial charge in [-0.3, -0.25) is 4.79 Å². The molecule has 1 amide bonds. The molecular weight excluding hydrogens is 434 g/mol. The zero-order chi connectivity index (χ0) is 24.1. The highest BCUT2D eigenvalue weighted by molar-refractivity contribution is 5.89. The summed E-state index contributed by atoms with van der Waals surface area (Å²) in [5, 5.41) is 12.3. The van der Waals surface area contributed by atoms with Crippen LogP contribution in [0.1, 0.15) is 44.6 Å². The molecule has 0 aromatic heterocycles. The van der Waals surface area contributed by atoms with Gasteiger partial charge in [-0.1, -0.05) is 36.8 Å². The monoisotopic (exact) mass is 467 g/mol. The van der Waals surface area contributed by atoms with Crippen molar-refractivity contribution in [1.29, 1.82) is 0 Å². The summed E-state index contributed by atoms with van der Waals surface area (Å²) in [7, 11) is 1.64. The standard InChI is InChI=1S/C27H33NO6/c1-27(14-5-15-34-27)26(31)28-21(25(29)30)16-18-10-12-20(13-11-18)24-22(32-2)8-4-9-23(24)33-17-19-6-3-7-19/h4,8-13,19,21H,3,5-7,14-17H2,1-2H3,(H,28,31)(H,29,30)/t21-,27+/m0/s1. The van der Waals surface area contributed by atoms with Crippen molar-refractivity contribution in [3.05, 3.63) is 48.0 Å². The van der Waals surface area contributed by atoms with Gasteiger partial charge < -0.3 is 24.6 Å². The zero-order valence-electron chi connectivity index (χ0n) is 19.8. The van der Waals surface area contributed by atoms with E-state index in [0.29, 0.717) is 25.6 Å². The SMILES string of the molecule is COc1cccc(OCC2CCC2)c1-c1ccc(C[C@H](NC(=O)[C@@]2(C)CCCO2)C(=O)O)cc1. The highest BCUT2D eigenvalue weighted by atomic mass is 16.5. The Kier molecular flexibility index (Phi) is 7.41. The zero-order valence-corrected chi connectivity index (χ0v) is 19.8. The molecular formula is C27H33NO6. The average Bonchev–Trinajstić information content (AvgIpc) is 3.25. The number of hydrogen-bond acceptors (Lipinski definition) is 5. The van der Waals surface area contributed by atoms with Crippen LogP contribution in [-0.2, 0) is 20.7 Å². The number of benzene rings is 2. The molecule has 0 radical (unpaired) electrons. The van der Waals surface area contributed by atoms with Crippen LogP contribution in [0.3, 0.4) is 0 Å². The van der Waals surface area contributed by atoms with Gasteiger partial charge in [0.1, 0.15) is 23.1 Å². The minimum atomic E-state index is -1.07. The second-order valence-electron chi connectivity index (χ2n) is 9.39. The first kappa shape index (κ1) is 24.1. The number of nitrogens with one attached hydrogen (secondary N) is 1. The normalized spacial score (nSPS) is 20.9. The molecule has 2 fully saturated rings. The second kappa shape index (κ2) is 10.5. The third-order valence-electron chi connectivity index (χ3n) is 6.89. The first-order valence-electron chi connectivity index (χ1n) is 12.0. The fourth-order valence-electron chi connectivity index (χ4n) is 4.47. The molecule has 1 saturated carbocycles. The Bertz CT molecular complexity index is 1010. The lowest BCUT2D eigenvalue weighted by Crippen LogP contribution is -2.51. The first-order chi connectivity index (χ1) is 16.4. The van der Waals surface area contributed by atoms with Gasteiger partial charge in [0.25, 0.3) is 5.91 Å². The van der Waals surface area contributed by atoms with Crippen molar-refractivity contribution in [2.24, 2.45) is 5.92 Å². The third-order valence-corrected chi connectivity index (χ3v) is 6.89. The Balaban J connectivity index is 1.48. The van der Waals surface area contributed by atoms with E-state index in [1.165, 1.54) is 19.3 Å². The van der Waals surface area contributed by atoms with Crippen molar-refractivity contribution >= 4 is 11.9 Å². The van der Waals surface area contributed by atoms with Crippen LogP contribution in [-0.4, -0.2) is 48.9 Å². The fraction of sp³-hybridized carbons (Fsp3) is 0.481. The van der Waals surface area contributed by atoms with Gasteiger partial charge in [0.2, 0.25) is 0 Å². The number of carbonyl (C=O) groups excluding carboxylic acids is 1. The molecule has 1 saturated heterocycles. The van der Waals surface area contributed by atoms with Crippen molar-refractivity contribution in [3.8, 4) is 22.6 Å². The van der Waals surface area contributed by atoms with E-state index in [-0.39, 0.29) is 12.3 Å². The Morgan fingerprint density at radius 2 is 1.88 bits per heavy atom. The number of carboxylic acids is 1. The lowest BCUT2D eigenvalue weighted by molar-refractivity contribution is -0.147. The predicted molar refractivity (Wildman–Crippen MR) is 128 cm³/mol. The van der Waals surface area contributed by atoms with Gasteiger partial charge in [0.05, 0.1) is 19.3 Å². The molecule has 0 unspecified atom stereocenters. The van der Waals surface area contributed by atoms with E-state index in [1.807, 2.05) is 42.5 Å². The number of rotatable bonds is 10. The molecule has 182 valence electrons. The summed E-state index contributed by atoms with van der Waals surface area (Å²) in [6.45, 7) is 2.92. The molecule has 0 bridgehead atoms. The fourth-order valence-corrected chi connectivity index (χ4v) is 4.47. The van der Waals surface area contributed by atoms with Gasteiger partial charge >= 0.3 is 5.97 Å². The van der Waals surface area contributed by atoms with Gasteiger partial charge in [-0.2, -0.15) is 0 Å². The number of carbonyl (C=O) groups is 2. The van der Waals surface area contributed by atoms with Crippen LogP contribution in [0, 0.1) is 5.92 Å². The van der Waals surface area contributed by atoms with Crippen LogP contribution in [0.5, 0.6) is 11.5 Å². The van der Waals surface area contributed by atoms with Crippen molar-refractivity contribution in [1.82, 2.24) is 5.32 Å². The van der Waals surface area contributed by atoms with Crippen molar-refractivity contribution in [2.45, 2.75) is 57.1 Å². The summed E-state index contributed by atoms with van der Waals surface area (Å²) in [6.07, 6.45) is 5.24. The van der Waals surface area contributed by atoms with E-state index in [2.05, 4.69) is 5.32 Å². The second-order valence-corrected chi connectivity index (χ2v) is 9.39. The van der Waals surface area contributed by atoms with Crippen molar-refractivity contribution in [2.75, 3.05) is 20.3 Å². The number of ether oxygens (including phenoxy) is 3. The third kappa shape index (κ3) is 5.36. The molecule has 4 rings (SSSR count). The number of amides is 1. The molecule has 1 aliphatic carbocycles. The summed E-state index contributed by atoms with van der Waals surface area (Å²) in [5.41, 5.74) is 1.65. The lowest BCUT2D eigenvalue weighted by Gasteiger charge is -2.26. The lowest BCUT2D eigenvalue weighted by atomic mass is 9.86. The van der Waals surface area contributed by atoms with E-state index in [1.54, 1.807) is 14.0 Å². The van der Waals surface area contributed by atoms with E-state index in [9.17, 15) is 14.7 Å². The summed E-state index contributed by atoms with van der Waals surface area (Å²) in [4.78, 5) is 24.5. The quantitative estimate of drug-likeness (QED) is 0.543. The van der Waals surface area contributed by atoms with Crippen LogP contribution in [0.15, 0.2) is 42.5 Å². The number of methoxy groups -OCH3 is 1. The molecule has 7 nitrogen and oxygen atoms in total. The Morgan fingerprint density at radius 3 is 2.47 bits per heavy atom. The summed E-state index contributed by atoms with van der Waals surface area (Å²) >= 11 is 0. The summed E-state index contributed by atoms with van der Waals surface area (Å²) in [6, 6.07) is 12.4. The van der Waals surface area contributed by atoms with Crippen LogP contribution >= 0.6 is 0 Å². The highest BCUT2D eigenvalue weighted by Crippen LogP contribution is 2.39. The number of hydrogen-bond donors (Lipinski definition) is 2. The van der Waals surface area contributed by atoms with Gasteiger partial charge in [-0.05, 0) is 61.8 Å². The average molecular weight is 468 g/mol. The highest BCUT2D eigenvalue weighted by Gasteiger charge is 2.39. The maximum absolute atomic E-state index is 12.6. The smallest absolute Gasteiger partial charge is 0.326 e. The van der Waals surface area contributed by atoms with E-state index in [0.717, 1.165) is 34.6 Å². The van der Waals surface area contributed by atoms with Crippen LogP contribution in [0.2, 0.25) is 0 Å².